The van der Waals surface area contributed by atoms with Gasteiger partial charge in [0, 0.05) is 24.0 Å². The Balaban J connectivity index is -0.0000000719. The molecule has 2 atom stereocenters. The molecule has 11 heteroatoms. The predicted octanol–water partition coefficient (Wildman–Crippen LogP) is -0.328. The van der Waals surface area contributed by atoms with Crippen LogP contribution in [-0.2, 0) is 15.9 Å². The van der Waals surface area contributed by atoms with Gasteiger partial charge >= 0.3 is 0 Å². The first kappa shape index (κ1) is 36.7. The second-order valence-corrected chi connectivity index (χ2v) is 6.46. The Hall–Kier alpha value is -0.140. The van der Waals surface area contributed by atoms with E-state index >= 15 is 0 Å². The average Bonchev–Trinajstić information content (AvgIpc) is 2.56. The molecule has 0 aliphatic rings. The smallest absolute Gasteiger partial charge is 0.121 e. The number of aldehydes is 1. The van der Waals surface area contributed by atoms with Gasteiger partial charge in [-0.1, -0.05) is 24.9 Å². The maximum Gasteiger partial charge on any atom is 0.121 e. The van der Waals surface area contributed by atoms with Crippen LogP contribution >= 0.6 is 12.6 Å². The summed E-state index contributed by atoms with van der Waals surface area (Å²) in [6.45, 7) is 6.53. The zero-order valence-electron chi connectivity index (χ0n) is 16.3. The summed E-state index contributed by atoms with van der Waals surface area (Å²) in [5.74, 6) is 0.0694. The molecule has 0 aromatic heterocycles. The van der Waals surface area contributed by atoms with E-state index in [1.54, 1.807) is 0 Å². The third-order valence-electron chi connectivity index (χ3n) is 1.74. The van der Waals surface area contributed by atoms with Crippen LogP contribution in [0.2, 0.25) is 0 Å². The molecule has 2 unspecified atom stereocenters. The van der Waals surface area contributed by atoms with E-state index in [-0.39, 0.29) is 19.0 Å². The highest BCUT2D eigenvalue weighted by atomic mass is 32.2. The van der Waals surface area contributed by atoms with Crippen LogP contribution < -0.4 is 28.7 Å². The topological polar surface area (TPSA) is 187 Å². The van der Waals surface area contributed by atoms with Gasteiger partial charge in [-0.05, 0) is 45.4 Å². The second-order valence-electron chi connectivity index (χ2n) is 4.56. The molecule has 0 heterocycles. The van der Waals surface area contributed by atoms with Crippen molar-refractivity contribution in [3.05, 3.63) is 0 Å². The minimum atomic E-state index is -1.94. The molecule has 26 heavy (non-hydrogen) atoms. The fraction of sp³-hybridized carbons (Fsp3) is 0.933. The van der Waals surface area contributed by atoms with Gasteiger partial charge in [0.25, 0.3) is 0 Å². The Bertz CT molecular complexity index is 241. The molecule has 0 spiro atoms. The summed E-state index contributed by atoms with van der Waals surface area (Å²) in [6, 6.07) is 0. The van der Waals surface area contributed by atoms with Crippen LogP contribution in [0.1, 0.15) is 39.5 Å². The number of hydrogen-bond donors (Lipinski definition) is 6. The number of halogens is 1. The Labute approximate surface area is 166 Å². The number of nitrogens with two attached hydrogens (primary N) is 5. The van der Waals surface area contributed by atoms with Gasteiger partial charge in [0.2, 0.25) is 0 Å². The molecule has 10 N–H and O–H groups in total. The summed E-state index contributed by atoms with van der Waals surface area (Å²) in [7, 11) is 0. The third kappa shape index (κ3) is 106. The maximum atomic E-state index is 11.1. The highest BCUT2D eigenvalue weighted by Crippen LogP contribution is 1.94. The van der Waals surface area contributed by atoms with Gasteiger partial charge in [-0.15, -0.1) is 0 Å². The lowest BCUT2D eigenvalue weighted by Gasteiger charge is -1.97. The molecule has 0 aliphatic heterocycles. The van der Waals surface area contributed by atoms with E-state index in [4.69, 9.17) is 28.7 Å². The van der Waals surface area contributed by atoms with E-state index in [0.717, 1.165) is 32.2 Å². The van der Waals surface area contributed by atoms with E-state index in [0.29, 0.717) is 31.2 Å². The Morgan fingerprint density at radius 1 is 1.08 bits per heavy atom. The fourth-order valence-corrected chi connectivity index (χ4v) is 0.986. The Morgan fingerprint density at radius 2 is 1.58 bits per heavy atom. The average molecular weight is 423 g/mol. The van der Waals surface area contributed by atoms with Gasteiger partial charge in [-0.25, -0.2) is 0 Å². The van der Waals surface area contributed by atoms with Crippen LogP contribution in [0.5, 0.6) is 0 Å². The first-order chi connectivity index (χ1) is 12.3. The molecule has 0 fully saturated rings. The molecule has 0 amide bonds. The van der Waals surface area contributed by atoms with E-state index in [2.05, 4.69) is 12.6 Å². The number of hydrogen-bond acceptors (Lipinski definition) is 9. The first-order valence-corrected chi connectivity index (χ1v) is 10.3. The monoisotopic (exact) mass is 422 g/mol. The molecule has 0 aliphatic carbocycles. The molecule has 0 aromatic rings. The van der Waals surface area contributed by atoms with Gasteiger partial charge < -0.3 is 38.0 Å². The van der Waals surface area contributed by atoms with Crippen molar-refractivity contribution in [3.8, 4) is 0 Å². The van der Waals surface area contributed by atoms with Crippen molar-refractivity contribution >= 4 is 30.0 Å². The van der Waals surface area contributed by atoms with Crippen molar-refractivity contribution in [1.29, 1.82) is 0 Å². The van der Waals surface area contributed by atoms with Crippen LogP contribution in [0.3, 0.4) is 0 Å². The molecule has 0 saturated carbocycles. The lowest BCUT2D eigenvalue weighted by atomic mass is 10.3. The van der Waals surface area contributed by atoms with Gasteiger partial charge in [-0.3, -0.25) is 8.60 Å². The number of carbonyl (C=O) groups excluding carboxylic acids is 1. The normalized spacial score (nSPS) is 10.8. The summed E-state index contributed by atoms with van der Waals surface area (Å²) in [4.78, 5) is 9.32. The van der Waals surface area contributed by atoms with Crippen molar-refractivity contribution in [2.45, 2.75) is 44.8 Å². The predicted molar refractivity (Wildman–Crippen MR) is 114 cm³/mol. The van der Waals surface area contributed by atoms with Crippen molar-refractivity contribution in [1.82, 2.24) is 0 Å². The van der Waals surface area contributed by atoms with Crippen LogP contribution in [0, 0.1) is 0 Å². The molecule has 8 nitrogen and oxygen atoms in total. The van der Waals surface area contributed by atoms with Crippen molar-refractivity contribution in [3.63, 3.8) is 0 Å². The van der Waals surface area contributed by atoms with E-state index in [1.807, 2.05) is 13.8 Å². The Kier molecular flexibility index (Phi) is 62.7. The largest absolute Gasteiger partial charge is 0.772 e. The summed E-state index contributed by atoms with van der Waals surface area (Å²) in [5.41, 5.74) is 24.8. The maximum absolute atomic E-state index is 11.1. The van der Waals surface area contributed by atoms with Crippen LogP contribution in [0.4, 0.5) is 4.39 Å². The molecule has 0 bridgehead atoms. The molecular weight excluding hydrogens is 381 g/mol. The summed E-state index contributed by atoms with van der Waals surface area (Å²) in [6.07, 6.45) is 3.75. The molecule has 0 radical (unpaired) electrons. The van der Waals surface area contributed by atoms with Crippen LogP contribution in [0.15, 0.2) is 0 Å². The zero-order chi connectivity index (χ0) is 21.6. The number of thiol groups is 1. The van der Waals surface area contributed by atoms with Crippen LogP contribution in [0.25, 0.3) is 0 Å². The zero-order valence-corrected chi connectivity index (χ0v) is 18.0. The van der Waals surface area contributed by atoms with E-state index in [1.165, 1.54) is 0 Å². The fourth-order valence-electron chi connectivity index (χ4n) is 0.644. The number of unbranched alkanes of at least 4 members (excludes halogenated alkanes) is 1. The number of carbonyl (C=O) groups is 1. The van der Waals surface area contributed by atoms with Gasteiger partial charge in [0.1, 0.15) is 6.29 Å². The summed E-state index contributed by atoms with van der Waals surface area (Å²) < 4.78 is 30.2. The summed E-state index contributed by atoms with van der Waals surface area (Å²) in [5, 5.41) is 0.468. The Morgan fingerprint density at radius 3 is 1.62 bits per heavy atom. The minimum Gasteiger partial charge on any atom is -0.772 e. The van der Waals surface area contributed by atoms with Crippen molar-refractivity contribution in [2.24, 2.45) is 28.7 Å². The first-order valence-electron chi connectivity index (χ1n) is 8.53. The van der Waals surface area contributed by atoms with Crippen molar-refractivity contribution in [2.75, 3.05) is 45.2 Å². The lowest BCUT2D eigenvalue weighted by molar-refractivity contribution is -0.107. The third-order valence-corrected chi connectivity index (χ3v) is 2.57. The van der Waals surface area contributed by atoms with E-state index < -0.39 is 11.1 Å². The van der Waals surface area contributed by atoms with Crippen LogP contribution in [-0.4, -0.2) is 65.4 Å². The SMILES string of the molecule is CC(S)CCN.CCN.NCCC=O.NCCCCF.NCCS(=O)[O-]. The highest BCUT2D eigenvalue weighted by molar-refractivity contribution is 7.80. The minimum absolute atomic E-state index is 0.0694. The van der Waals surface area contributed by atoms with Gasteiger partial charge in [0.05, 0.1) is 6.67 Å². The van der Waals surface area contributed by atoms with Gasteiger partial charge in [-0.2, -0.15) is 12.6 Å². The van der Waals surface area contributed by atoms with Gasteiger partial charge in [0.15, 0.2) is 0 Å². The molecule has 0 saturated heterocycles. The number of rotatable bonds is 9. The highest BCUT2D eigenvalue weighted by Gasteiger charge is 1.86. The van der Waals surface area contributed by atoms with E-state index in [9.17, 15) is 17.9 Å². The lowest BCUT2D eigenvalue weighted by Crippen LogP contribution is -2.08. The van der Waals surface area contributed by atoms with Crippen molar-refractivity contribution < 1.29 is 17.9 Å². The molecular formula is C15H41FN5O3S2-. The molecule has 0 aromatic carbocycles. The second kappa shape index (κ2) is 44.4. The number of alkyl halides is 1. The molecule has 0 rings (SSSR count). The summed E-state index contributed by atoms with van der Waals surface area (Å²) >= 11 is 2.16. The quantitative estimate of drug-likeness (QED) is 0.126. The standard InChI is InChI=1S/C4H10FN.C4H11NS.C3H7NO.C2H7NO2S.C2H7N/c5-3-1-2-4-6;1-4(6)2-3-5;4-2-1-3-5;3-1-2-6(4)5;1-2-3/h1-4,6H2;4,6H,2-3,5H2,1H3;3H,1-2,4H2;1-3H2,(H,4,5);2-3H2,1H3/p-1. The molecule has 164 valence electrons.